The first-order valence-corrected chi connectivity index (χ1v) is 12.4. The summed E-state index contributed by atoms with van der Waals surface area (Å²) in [5.41, 5.74) is 1.94. The number of anilines is 1. The number of nitrogens with one attached hydrogen (secondary N) is 1. The molecule has 184 valence electrons. The van der Waals surface area contributed by atoms with Gasteiger partial charge in [-0.3, -0.25) is 0 Å². The van der Waals surface area contributed by atoms with Crippen LogP contribution >= 0.6 is 0 Å². The Labute approximate surface area is 204 Å². The van der Waals surface area contributed by atoms with Crippen LogP contribution in [0.2, 0.25) is 0 Å². The Morgan fingerprint density at radius 3 is 2.57 bits per heavy atom. The van der Waals surface area contributed by atoms with Crippen molar-refractivity contribution < 1.29 is 13.9 Å². The van der Waals surface area contributed by atoms with Crippen molar-refractivity contribution in [2.75, 3.05) is 18.4 Å². The van der Waals surface area contributed by atoms with Crippen LogP contribution in [0.3, 0.4) is 0 Å². The Bertz CT molecular complexity index is 1150. The van der Waals surface area contributed by atoms with Gasteiger partial charge in [0.15, 0.2) is 5.82 Å². The Hall–Kier alpha value is -3.49. The van der Waals surface area contributed by atoms with Crippen LogP contribution in [0.4, 0.5) is 15.1 Å². The number of aryl methyl sites for hydroxylation is 1. The number of amides is 1. The quantitative estimate of drug-likeness (QED) is 0.530. The van der Waals surface area contributed by atoms with Gasteiger partial charge in [-0.25, -0.2) is 24.1 Å². The Morgan fingerprint density at radius 2 is 1.83 bits per heavy atom. The van der Waals surface area contributed by atoms with Crippen molar-refractivity contribution in [3.05, 3.63) is 59.9 Å². The van der Waals surface area contributed by atoms with E-state index < -0.39 is 5.82 Å². The minimum absolute atomic E-state index is 0.0907. The summed E-state index contributed by atoms with van der Waals surface area (Å²) in [6.45, 7) is 3.37. The van der Waals surface area contributed by atoms with Gasteiger partial charge in [-0.15, -0.1) is 0 Å². The summed E-state index contributed by atoms with van der Waals surface area (Å²) >= 11 is 0. The van der Waals surface area contributed by atoms with Gasteiger partial charge in [0.1, 0.15) is 18.1 Å². The number of benzene rings is 1. The largest absolute Gasteiger partial charge is 0.445 e. The highest BCUT2D eigenvalue weighted by Gasteiger charge is 2.26. The summed E-state index contributed by atoms with van der Waals surface area (Å²) in [5.74, 6) is 0.819. The van der Waals surface area contributed by atoms with E-state index in [2.05, 4.69) is 24.8 Å². The fraction of sp³-hybridized carbons (Fsp3) is 0.462. The number of imidazole rings is 1. The normalized spacial score (nSPS) is 17.0. The van der Waals surface area contributed by atoms with Crippen molar-refractivity contribution in [3.63, 3.8) is 0 Å². The molecule has 9 heteroatoms. The minimum Gasteiger partial charge on any atom is -0.445 e. The van der Waals surface area contributed by atoms with Gasteiger partial charge in [-0.2, -0.15) is 0 Å². The second kappa shape index (κ2) is 10.4. The van der Waals surface area contributed by atoms with Gasteiger partial charge in [0, 0.05) is 25.2 Å². The number of piperidine rings is 1. The van der Waals surface area contributed by atoms with Gasteiger partial charge in [-0.05, 0) is 38.2 Å². The van der Waals surface area contributed by atoms with Gasteiger partial charge in [0.2, 0.25) is 5.95 Å². The smallest absolute Gasteiger partial charge is 0.410 e. The molecule has 1 N–H and O–H groups in total. The van der Waals surface area contributed by atoms with Gasteiger partial charge in [0.05, 0.1) is 18.1 Å². The molecule has 3 heterocycles. The average molecular weight is 479 g/mol. The molecule has 1 aromatic carbocycles. The van der Waals surface area contributed by atoms with E-state index >= 15 is 0 Å². The average Bonchev–Trinajstić information content (AvgIpc) is 3.54. The first kappa shape index (κ1) is 23.3. The molecule has 0 unspecified atom stereocenters. The third-order valence-corrected chi connectivity index (χ3v) is 6.95. The second-order valence-electron chi connectivity index (χ2n) is 9.33. The molecule has 5 rings (SSSR count). The molecule has 2 aliphatic rings. The standard InChI is InChI=1S/C26H31FN6O2/c1-18-28-16-23(33(18)21-9-5-6-10-21)24-22(27)15-29-25(31-24)30-20-11-13-32(14-12-20)26(34)35-17-19-7-3-2-4-8-19/h2-4,7-8,15-16,20-21H,5-6,9-14,17H2,1H3,(H,29,30,31). The number of likely N-dealkylation sites (tertiary alicyclic amines) is 1. The molecule has 1 aliphatic carbocycles. The van der Waals surface area contributed by atoms with Gasteiger partial charge in [0.25, 0.3) is 0 Å². The third kappa shape index (κ3) is 5.28. The van der Waals surface area contributed by atoms with Crippen LogP contribution in [0.5, 0.6) is 0 Å². The molecule has 1 aliphatic heterocycles. The van der Waals surface area contributed by atoms with Crippen LogP contribution in [0.1, 0.15) is 56.0 Å². The number of hydrogen-bond donors (Lipinski definition) is 1. The monoisotopic (exact) mass is 478 g/mol. The molecule has 8 nitrogen and oxygen atoms in total. The Morgan fingerprint density at radius 1 is 1.09 bits per heavy atom. The van der Waals surface area contributed by atoms with Gasteiger partial charge < -0.3 is 19.5 Å². The number of carbonyl (C=O) groups is 1. The lowest BCUT2D eigenvalue weighted by atomic mass is 10.1. The highest BCUT2D eigenvalue weighted by Crippen LogP contribution is 2.35. The van der Waals surface area contributed by atoms with E-state index in [1.165, 1.54) is 19.0 Å². The van der Waals surface area contributed by atoms with Crippen molar-refractivity contribution in [1.82, 2.24) is 24.4 Å². The van der Waals surface area contributed by atoms with Gasteiger partial charge in [-0.1, -0.05) is 43.2 Å². The molecule has 35 heavy (non-hydrogen) atoms. The van der Waals surface area contributed by atoms with Crippen LogP contribution in [-0.4, -0.2) is 49.6 Å². The number of aromatic nitrogens is 4. The maximum Gasteiger partial charge on any atom is 0.410 e. The Kier molecular flexibility index (Phi) is 6.92. The topological polar surface area (TPSA) is 85.2 Å². The Balaban J connectivity index is 1.20. The molecular formula is C26H31FN6O2. The van der Waals surface area contributed by atoms with Crippen molar-refractivity contribution >= 4 is 12.0 Å². The van der Waals surface area contributed by atoms with Crippen LogP contribution in [0, 0.1) is 12.7 Å². The van der Waals surface area contributed by atoms with Crippen molar-refractivity contribution in [2.45, 2.75) is 64.1 Å². The van der Waals surface area contributed by atoms with Crippen molar-refractivity contribution in [1.29, 1.82) is 0 Å². The molecule has 3 aromatic rings. The lowest BCUT2D eigenvalue weighted by Gasteiger charge is -2.31. The highest BCUT2D eigenvalue weighted by atomic mass is 19.1. The molecule has 2 aromatic heterocycles. The molecule has 0 bridgehead atoms. The predicted molar refractivity (Wildman–Crippen MR) is 130 cm³/mol. The SMILES string of the molecule is Cc1ncc(-c2nc(NC3CCN(C(=O)OCc4ccccc4)CC3)ncc2F)n1C1CCCC1. The number of rotatable bonds is 6. The fourth-order valence-electron chi connectivity index (χ4n) is 5.07. The molecule has 0 atom stereocenters. The molecule has 2 fully saturated rings. The summed E-state index contributed by atoms with van der Waals surface area (Å²) in [6, 6.07) is 10.1. The van der Waals surface area contributed by atoms with E-state index in [4.69, 9.17) is 4.74 Å². The first-order chi connectivity index (χ1) is 17.1. The summed E-state index contributed by atoms with van der Waals surface area (Å²) in [4.78, 5) is 27.3. The van der Waals surface area contributed by atoms with Crippen LogP contribution in [0.15, 0.2) is 42.7 Å². The number of halogens is 1. The molecule has 0 radical (unpaired) electrons. The summed E-state index contributed by atoms with van der Waals surface area (Å²) in [5, 5.41) is 3.33. The van der Waals surface area contributed by atoms with Crippen LogP contribution in [0.25, 0.3) is 11.4 Å². The third-order valence-electron chi connectivity index (χ3n) is 6.95. The zero-order chi connectivity index (χ0) is 24.2. The van der Waals surface area contributed by atoms with E-state index in [1.807, 2.05) is 37.3 Å². The molecule has 0 spiro atoms. The molecule has 1 saturated heterocycles. The summed E-state index contributed by atoms with van der Waals surface area (Å²) in [7, 11) is 0. The van der Waals surface area contributed by atoms with Crippen molar-refractivity contribution in [3.8, 4) is 11.4 Å². The number of hydrogen-bond acceptors (Lipinski definition) is 6. The number of carbonyl (C=O) groups excluding carboxylic acids is 1. The number of nitrogens with zero attached hydrogens (tertiary/aromatic N) is 5. The van der Waals surface area contributed by atoms with E-state index in [0.29, 0.717) is 30.8 Å². The van der Waals surface area contributed by atoms with E-state index in [0.717, 1.165) is 37.1 Å². The fourth-order valence-corrected chi connectivity index (χ4v) is 5.07. The second-order valence-corrected chi connectivity index (χ2v) is 9.33. The maximum absolute atomic E-state index is 14.8. The molecule has 1 saturated carbocycles. The zero-order valence-corrected chi connectivity index (χ0v) is 20.0. The maximum atomic E-state index is 14.8. The lowest BCUT2D eigenvalue weighted by molar-refractivity contribution is 0.0881. The number of ether oxygens (including phenoxy) is 1. The summed E-state index contributed by atoms with van der Waals surface area (Å²) < 4.78 is 22.4. The predicted octanol–water partition coefficient (Wildman–Crippen LogP) is 5.12. The minimum atomic E-state index is -0.453. The van der Waals surface area contributed by atoms with E-state index in [1.54, 1.807) is 11.1 Å². The molecule has 1 amide bonds. The van der Waals surface area contributed by atoms with Gasteiger partial charge >= 0.3 is 6.09 Å². The zero-order valence-electron chi connectivity index (χ0n) is 20.0. The van der Waals surface area contributed by atoms with Crippen molar-refractivity contribution in [2.24, 2.45) is 0 Å². The lowest BCUT2D eigenvalue weighted by Crippen LogP contribution is -2.42. The first-order valence-electron chi connectivity index (χ1n) is 12.4. The highest BCUT2D eigenvalue weighted by molar-refractivity contribution is 5.67. The van der Waals surface area contributed by atoms with E-state index in [-0.39, 0.29) is 24.4 Å². The van der Waals surface area contributed by atoms with E-state index in [9.17, 15) is 9.18 Å². The summed E-state index contributed by atoms with van der Waals surface area (Å²) in [6.07, 6.45) is 8.61. The van der Waals surface area contributed by atoms with Crippen LogP contribution < -0.4 is 5.32 Å². The van der Waals surface area contributed by atoms with Crippen LogP contribution in [-0.2, 0) is 11.3 Å². The molecular weight excluding hydrogens is 447 g/mol.